The quantitative estimate of drug-likeness (QED) is 0.0893. The van der Waals surface area contributed by atoms with Gasteiger partial charge in [-0.15, -0.1) is 8.78 Å². The second-order valence-electron chi connectivity index (χ2n) is 8.35. The zero-order valence-corrected chi connectivity index (χ0v) is 20.5. The van der Waals surface area contributed by atoms with Crippen molar-refractivity contribution in [1.82, 2.24) is 0 Å². The van der Waals surface area contributed by atoms with E-state index in [9.17, 15) is 141 Å². The second-order valence-corrected chi connectivity index (χ2v) is 12.2. The molecule has 0 saturated heterocycles. The summed E-state index contributed by atoms with van der Waals surface area (Å²) in [5.41, 5.74) is -32.1. The number of nitrogens with zero attached hydrogens (tertiary/aromatic N) is 1. The van der Waals surface area contributed by atoms with E-state index in [1.807, 2.05) is 0 Å². The molecule has 0 aliphatic carbocycles. The minimum atomic E-state index is -14.2. The highest BCUT2D eigenvalue weighted by Crippen LogP contribution is 2.71. The first-order chi connectivity index (χ1) is 19.5. The van der Waals surface area contributed by atoms with Crippen LogP contribution in [-0.4, -0.2) is 89.8 Å². The molecule has 0 spiro atoms. The third-order valence-corrected chi connectivity index (χ3v) is 10.2. The second kappa shape index (κ2) is 10.5. The number of alkyl halides is 30. The number of halogens is 32. The van der Waals surface area contributed by atoms with Crippen molar-refractivity contribution >= 4 is 8.24 Å². The van der Waals surface area contributed by atoms with Gasteiger partial charge in [0, 0.05) is 8.96 Å². The van der Waals surface area contributed by atoms with E-state index in [2.05, 4.69) is 0 Å². The van der Waals surface area contributed by atoms with Crippen molar-refractivity contribution < 1.29 is 145 Å². The largest absolute Gasteiger partial charge is 0.611 e. The molecule has 0 bridgehead atoms. The van der Waals surface area contributed by atoms with Crippen molar-refractivity contribution in [2.45, 2.75) is 77.0 Å². The number of quaternary nitrogens is 1. The van der Waals surface area contributed by atoms with Crippen LogP contribution in [-0.2, 0) is 0 Å². The maximum absolute atomic E-state index is 14.6. The Kier molecular flexibility index (Phi) is 10.0. The van der Waals surface area contributed by atoms with Crippen LogP contribution in [0.1, 0.15) is 0 Å². The molecular formula is C13F32NSi+. The van der Waals surface area contributed by atoms with Crippen LogP contribution in [0.4, 0.5) is 141 Å². The summed E-state index contributed by atoms with van der Waals surface area (Å²) in [7, 11) is -14.2. The van der Waals surface area contributed by atoms with E-state index in [0.717, 1.165) is 0 Å². The van der Waals surface area contributed by atoms with Crippen molar-refractivity contribution in [1.29, 1.82) is 0 Å². The fraction of sp³-hybridized carbons (Fsp3) is 1.00. The standard InChI is InChI=1S/C13F32NSi/c14-1(15,2(16,17)6(24,25)26)4(20,21)10(36,37)46(44,45)47(12(40,41)8(30,31)32,13(42,43)9(33,34)35)11(38,39)5(22,23)3(18,19)7(27,28)29/q+1. The third-order valence-electron chi connectivity index (χ3n) is 5.52. The zero-order valence-electron chi connectivity index (χ0n) is 19.5. The Morgan fingerprint density at radius 2 is 0.489 bits per heavy atom. The highest BCUT2D eigenvalue weighted by atomic mass is 28.3. The van der Waals surface area contributed by atoms with Gasteiger partial charge >= 0.3 is 85.2 Å². The fourth-order valence-electron chi connectivity index (χ4n) is 3.08. The average molecular weight is 806 g/mol. The molecule has 0 aliphatic rings. The van der Waals surface area contributed by atoms with Gasteiger partial charge in [0.15, 0.2) is 0 Å². The van der Waals surface area contributed by atoms with Gasteiger partial charge in [-0.05, 0) is 0 Å². The molecule has 284 valence electrons. The van der Waals surface area contributed by atoms with Crippen LogP contribution in [0.3, 0.4) is 0 Å². The van der Waals surface area contributed by atoms with Crippen molar-refractivity contribution in [3.63, 3.8) is 0 Å². The van der Waals surface area contributed by atoms with E-state index in [1.165, 1.54) is 0 Å². The Hall–Kier alpha value is -2.06. The van der Waals surface area contributed by atoms with Crippen molar-refractivity contribution in [3.05, 3.63) is 0 Å². The molecule has 0 aliphatic heterocycles. The van der Waals surface area contributed by atoms with Gasteiger partial charge in [0.05, 0.1) is 4.59 Å². The van der Waals surface area contributed by atoms with Gasteiger partial charge in [-0.3, -0.25) is 0 Å². The Labute approximate surface area is 232 Å². The Morgan fingerprint density at radius 3 is 0.702 bits per heavy atom. The molecule has 0 aromatic rings. The highest BCUT2D eigenvalue weighted by molar-refractivity contribution is 6.80. The lowest BCUT2D eigenvalue weighted by atomic mass is 10.0. The molecule has 0 fully saturated rings. The summed E-state index contributed by atoms with van der Waals surface area (Å²) < 4.78 is 418. The van der Waals surface area contributed by atoms with E-state index in [1.54, 1.807) is 0 Å². The van der Waals surface area contributed by atoms with Crippen LogP contribution >= 0.6 is 0 Å². The van der Waals surface area contributed by atoms with E-state index in [4.69, 9.17) is 0 Å². The summed E-state index contributed by atoms with van der Waals surface area (Å²) >= 11 is 0. The minimum Gasteiger partial charge on any atom is -0.196 e. The summed E-state index contributed by atoms with van der Waals surface area (Å²) in [4.78, 5) is 0. The van der Waals surface area contributed by atoms with E-state index in [-0.39, 0.29) is 0 Å². The average Bonchev–Trinajstić information content (AvgIpc) is 2.74. The molecule has 0 radical (unpaired) electrons. The molecule has 0 aromatic carbocycles. The van der Waals surface area contributed by atoms with Gasteiger partial charge in [0.25, 0.3) is 0 Å². The Balaban J connectivity index is 9.37. The first-order valence-electron chi connectivity index (χ1n) is 9.45. The summed E-state index contributed by atoms with van der Waals surface area (Å²) in [6, 6.07) is -10.8. The topological polar surface area (TPSA) is 0 Å². The molecule has 34 heteroatoms. The lowest BCUT2D eigenvalue weighted by Gasteiger charge is -2.50. The maximum atomic E-state index is 14.6. The first-order valence-corrected chi connectivity index (χ1v) is 11.4. The first kappa shape index (κ1) is 44.9. The van der Waals surface area contributed by atoms with Gasteiger partial charge in [0.2, 0.25) is 0 Å². The Bertz CT molecular complexity index is 1120. The van der Waals surface area contributed by atoms with Crippen LogP contribution in [0.5, 0.6) is 0 Å². The minimum absolute atomic E-state index is 8.63. The van der Waals surface area contributed by atoms with E-state index in [0.29, 0.717) is 0 Å². The molecule has 0 rings (SSSR count). The van der Waals surface area contributed by atoms with Crippen molar-refractivity contribution in [2.24, 2.45) is 0 Å². The van der Waals surface area contributed by atoms with Gasteiger partial charge in [0.1, 0.15) is 0 Å². The van der Waals surface area contributed by atoms with Gasteiger partial charge < -0.3 is 0 Å². The van der Waals surface area contributed by atoms with Crippen LogP contribution in [0.15, 0.2) is 0 Å². The summed E-state index contributed by atoms with van der Waals surface area (Å²) in [5.74, 6) is -49.3. The Morgan fingerprint density at radius 1 is 0.255 bits per heavy atom. The molecule has 0 amide bonds. The maximum Gasteiger partial charge on any atom is 0.611 e. The predicted molar refractivity (Wildman–Crippen MR) is 77.0 cm³/mol. The number of rotatable bonds is 10. The lowest BCUT2D eigenvalue weighted by molar-refractivity contribution is -1.17. The van der Waals surface area contributed by atoms with Crippen LogP contribution in [0, 0.1) is 0 Å². The van der Waals surface area contributed by atoms with E-state index < -0.39 is 89.8 Å². The third kappa shape index (κ3) is 5.03. The summed E-state index contributed by atoms with van der Waals surface area (Å²) in [5, 5.41) is 0. The molecule has 1 nitrogen and oxygen atoms in total. The lowest BCUT2D eigenvalue weighted by Crippen LogP contribution is -2.97. The monoisotopic (exact) mass is 806 g/mol. The summed E-state index contributed by atoms with van der Waals surface area (Å²) in [6.45, 7) is 0. The number of hydrogen-bond acceptors (Lipinski definition) is 0. The van der Waals surface area contributed by atoms with Crippen LogP contribution in [0.25, 0.3) is 0 Å². The summed E-state index contributed by atoms with van der Waals surface area (Å²) in [6.07, 6.45) is -36.8. The molecule has 0 aromatic heterocycles. The molecule has 0 saturated carbocycles. The van der Waals surface area contributed by atoms with Crippen LogP contribution < -0.4 is 0 Å². The van der Waals surface area contributed by atoms with E-state index >= 15 is 0 Å². The fourth-order valence-corrected chi connectivity index (χ4v) is 7.32. The SMILES string of the molecule is FC(F)(F)C(F)(F)C(F)(F)C(F)(F)C(F)(F)[N+](F)(F)[Si](C(F)(F)C(F)(F)F)(C(F)(F)C(F)(F)F)C(F)(F)C(F)(F)C(F)(F)C(F)(F)F. The van der Waals surface area contributed by atoms with Crippen molar-refractivity contribution in [2.75, 3.05) is 0 Å². The molecule has 0 unspecified atom stereocenters. The van der Waals surface area contributed by atoms with Crippen LogP contribution in [0.2, 0.25) is 0 Å². The van der Waals surface area contributed by atoms with Gasteiger partial charge in [-0.1, -0.05) is 0 Å². The highest BCUT2D eigenvalue weighted by Gasteiger charge is 3.16. The number of hydrogen-bond donors (Lipinski definition) is 0. The molecule has 0 atom stereocenters. The van der Waals surface area contributed by atoms with Gasteiger partial charge in [-0.25, -0.2) is 0 Å². The smallest absolute Gasteiger partial charge is 0.196 e. The molecule has 0 N–H and O–H groups in total. The predicted octanol–water partition coefficient (Wildman–Crippen LogP) is 10.1. The van der Waals surface area contributed by atoms with Gasteiger partial charge in [-0.2, -0.15) is 123 Å². The zero-order chi connectivity index (χ0) is 39.5. The van der Waals surface area contributed by atoms with Crippen molar-refractivity contribution in [3.8, 4) is 0 Å². The molecular weight excluding hydrogens is 806 g/mol. The molecule has 0 heterocycles. The molecule has 47 heavy (non-hydrogen) atoms. The normalized spacial score (nSPS) is 17.4.